The lowest BCUT2D eigenvalue weighted by Gasteiger charge is -2.47. The minimum absolute atomic E-state index is 0.0192. The summed E-state index contributed by atoms with van der Waals surface area (Å²) in [5.41, 5.74) is 0. The van der Waals surface area contributed by atoms with Crippen molar-refractivity contribution >= 4 is 41.5 Å². The number of rotatable bonds is 43. The van der Waals surface area contributed by atoms with Crippen LogP contribution in [0.2, 0.25) is 0 Å². The smallest absolute Gasteiger partial charge is 0.303 e. The molecule has 4 fully saturated rings. The van der Waals surface area contributed by atoms with Gasteiger partial charge < -0.3 is 97.3 Å². The minimum atomic E-state index is -1.96. The van der Waals surface area contributed by atoms with Crippen molar-refractivity contribution in [1.82, 2.24) is 10.2 Å². The number of ether oxygens (including phenoxy) is 13. The molecule has 6 N–H and O–H groups in total. The molecule has 0 radical (unpaired) electrons. The summed E-state index contributed by atoms with van der Waals surface area (Å²) in [4.78, 5) is 87.6. The standard InChI is InChI=1S/C64H110N2O25/c1-39(2)34-48(46(73)30-24-19-16-18-23-29-45(72)28-22-17-14-12-10-11-13-15-20-25-31-52(75)65-32-26-21-27-33-66(8)9)88-63-59(91-62-55(78)57(85-42(5)69)50(37-81-62)83-40(3)67)56(47(74)35-79-63)90-61-54(77)53(76)49(36-80-61)89-64-60(87-44(7)71)58(86-43(6)70)51(38-82-64)84-41(4)68/h39,46-51,53-64,73-74,76-78H,10-38H2,1-9H3,(H,65,75)/t46-,47?,48-,49?,50?,51?,53?,54?,55?,56?,57?,58?,59?,60?,61?,62?,63?,64?/m0/s1. The summed E-state index contributed by atoms with van der Waals surface area (Å²) >= 11 is 0. The van der Waals surface area contributed by atoms with Gasteiger partial charge in [-0.3, -0.25) is 33.6 Å². The van der Waals surface area contributed by atoms with Crippen LogP contribution in [0.1, 0.15) is 196 Å². The monoisotopic (exact) mass is 1310 g/mol. The van der Waals surface area contributed by atoms with Gasteiger partial charge in [0, 0.05) is 60.4 Å². The molecule has 18 atom stereocenters. The Morgan fingerprint density at radius 1 is 0.462 bits per heavy atom. The Morgan fingerprint density at radius 3 is 1.46 bits per heavy atom. The Morgan fingerprint density at radius 2 is 0.912 bits per heavy atom. The molecule has 0 saturated carbocycles. The molecule has 0 aliphatic carbocycles. The van der Waals surface area contributed by atoms with Gasteiger partial charge in [-0.1, -0.05) is 97.3 Å². The normalized spacial score (nSPS) is 29.2. The highest BCUT2D eigenvalue weighted by Gasteiger charge is 2.54. The van der Waals surface area contributed by atoms with Crippen molar-refractivity contribution in [2.45, 2.75) is 307 Å². The Hall–Kier alpha value is -4.07. The number of Topliss-reactive ketones (excluding diaryl/α,β-unsaturated/α-hetero) is 1. The van der Waals surface area contributed by atoms with Gasteiger partial charge in [0.05, 0.1) is 38.6 Å². The van der Waals surface area contributed by atoms with Crippen molar-refractivity contribution < 1.29 is 121 Å². The third kappa shape index (κ3) is 30.0. The van der Waals surface area contributed by atoms with E-state index in [2.05, 4.69) is 24.3 Å². The number of unbranched alkanes of at least 4 members (excludes halogenated alkanes) is 15. The summed E-state index contributed by atoms with van der Waals surface area (Å²) in [5, 5.41) is 61.2. The highest BCUT2D eigenvalue weighted by Crippen LogP contribution is 2.35. The van der Waals surface area contributed by atoms with Gasteiger partial charge in [0.25, 0.3) is 0 Å². The molecule has 0 aromatic rings. The average Bonchev–Trinajstić information content (AvgIpc) is 1.07. The zero-order chi connectivity index (χ0) is 67.0. The Kier molecular flexibility index (Phi) is 37.6. The second-order valence-electron chi connectivity index (χ2n) is 25.2. The summed E-state index contributed by atoms with van der Waals surface area (Å²) in [7, 11) is 4.15. The third-order valence-corrected chi connectivity index (χ3v) is 16.2. The van der Waals surface area contributed by atoms with Crippen molar-refractivity contribution in [3.63, 3.8) is 0 Å². The molecule has 16 unspecified atom stereocenters. The summed E-state index contributed by atoms with van der Waals surface area (Å²) < 4.78 is 75.4. The van der Waals surface area contributed by atoms with Crippen LogP contribution in [0.15, 0.2) is 0 Å². The number of nitrogens with zero attached hydrogens (tertiary/aromatic N) is 1. The molecule has 91 heavy (non-hydrogen) atoms. The van der Waals surface area contributed by atoms with E-state index in [9.17, 15) is 59.1 Å². The van der Waals surface area contributed by atoms with Crippen LogP contribution in [0.5, 0.6) is 0 Å². The maximum atomic E-state index is 12.7. The maximum Gasteiger partial charge on any atom is 0.303 e. The number of aliphatic hydroxyl groups is 5. The molecule has 0 aromatic heterocycles. The second-order valence-corrected chi connectivity index (χ2v) is 25.2. The molecular formula is C64H110N2O25. The fourth-order valence-corrected chi connectivity index (χ4v) is 11.6. The van der Waals surface area contributed by atoms with E-state index in [1.807, 2.05) is 13.8 Å². The van der Waals surface area contributed by atoms with Gasteiger partial charge >= 0.3 is 29.8 Å². The Labute approximate surface area is 537 Å². The Balaban J connectivity index is 1.29. The molecule has 4 heterocycles. The number of esters is 5. The van der Waals surface area contributed by atoms with Gasteiger partial charge in [-0.05, 0) is 71.5 Å². The summed E-state index contributed by atoms with van der Waals surface area (Å²) in [6.07, 6.45) is -6.65. The average molecular weight is 1310 g/mol. The van der Waals surface area contributed by atoms with Gasteiger partial charge in [-0.25, -0.2) is 0 Å². The molecule has 0 aromatic carbocycles. The van der Waals surface area contributed by atoms with E-state index in [-0.39, 0.29) is 17.6 Å². The molecule has 526 valence electrons. The summed E-state index contributed by atoms with van der Waals surface area (Å²) in [5.74, 6) is -3.57. The van der Waals surface area contributed by atoms with Gasteiger partial charge in [0.1, 0.15) is 48.5 Å². The predicted molar refractivity (Wildman–Crippen MR) is 324 cm³/mol. The number of amides is 1. The molecule has 4 saturated heterocycles. The molecule has 27 heteroatoms. The van der Waals surface area contributed by atoms with Crippen LogP contribution in [0.4, 0.5) is 0 Å². The number of carbonyl (C=O) groups excluding carboxylic acids is 7. The number of hydrogen-bond acceptors (Lipinski definition) is 26. The van der Waals surface area contributed by atoms with E-state index in [0.29, 0.717) is 38.5 Å². The van der Waals surface area contributed by atoms with Gasteiger partial charge in [-0.2, -0.15) is 0 Å². The number of carbonyl (C=O) groups is 7. The third-order valence-electron chi connectivity index (χ3n) is 16.2. The lowest BCUT2D eigenvalue weighted by molar-refractivity contribution is -0.380. The van der Waals surface area contributed by atoms with Crippen LogP contribution in [-0.2, 0) is 95.1 Å². The molecule has 27 nitrogen and oxygen atoms in total. The number of ketones is 1. The van der Waals surface area contributed by atoms with Crippen molar-refractivity contribution in [1.29, 1.82) is 0 Å². The number of nitrogens with one attached hydrogen (secondary N) is 1. The van der Waals surface area contributed by atoms with Gasteiger partial charge in [0.15, 0.2) is 55.7 Å². The lowest BCUT2D eigenvalue weighted by Crippen LogP contribution is -2.65. The number of aliphatic hydroxyl groups excluding tert-OH is 5. The first-order valence-electron chi connectivity index (χ1n) is 33.1. The van der Waals surface area contributed by atoms with E-state index < -0.39 is 167 Å². The van der Waals surface area contributed by atoms with Crippen LogP contribution >= 0.6 is 0 Å². The largest absolute Gasteiger partial charge is 0.456 e. The highest BCUT2D eigenvalue weighted by atomic mass is 16.8. The van der Waals surface area contributed by atoms with E-state index >= 15 is 0 Å². The van der Waals surface area contributed by atoms with Gasteiger partial charge in [-0.15, -0.1) is 0 Å². The first-order valence-corrected chi connectivity index (χ1v) is 33.1. The molecule has 4 aliphatic heterocycles. The van der Waals surface area contributed by atoms with Crippen molar-refractivity contribution in [3.05, 3.63) is 0 Å². The molecule has 1 amide bonds. The first kappa shape index (κ1) is 79.4. The van der Waals surface area contributed by atoms with Gasteiger partial charge in [0.2, 0.25) is 5.91 Å². The first-order chi connectivity index (χ1) is 43.3. The Bertz CT molecular complexity index is 2140. The quantitative estimate of drug-likeness (QED) is 0.0282. The molecule has 4 rings (SSSR count). The van der Waals surface area contributed by atoms with Crippen LogP contribution in [0.3, 0.4) is 0 Å². The zero-order valence-electron chi connectivity index (χ0n) is 55.3. The van der Waals surface area contributed by atoms with Crippen LogP contribution < -0.4 is 5.32 Å². The minimum Gasteiger partial charge on any atom is -0.456 e. The fourth-order valence-electron chi connectivity index (χ4n) is 11.6. The summed E-state index contributed by atoms with van der Waals surface area (Å²) in [6, 6.07) is 0. The van der Waals surface area contributed by atoms with E-state index in [1.54, 1.807) is 0 Å². The topological polar surface area (TPSA) is 356 Å². The van der Waals surface area contributed by atoms with E-state index in [1.165, 1.54) is 25.7 Å². The highest BCUT2D eigenvalue weighted by molar-refractivity contribution is 5.78. The van der Waals surface area contributed by atoms with Crippen molar-refractivity contribution in [2.75, 3.05) is 53.6 Å². The fraction of sp³-hybridized carbons (Fsp3) is 0.891. The van der Waals surface area contributed by atoms with E-state index in [4.69, 9.17) is 61.6 Å². The van der Waals surface area contributed by atoms with Crippen LogP contribution in [0, 0.1) is 5.92 Å². The maximum absolute atomic E-state index is 12.7. The predicted octanol–water partition coefficient (Wildman–Crippen LogP) is 4.29. The molecule has 0 bridgehead atoms. The number of hydrogen-bond donors (Lipinski definition) is 6. The van der Waals surface area contributed by atoms with Crippen molar-refractivity contribution in [3.8, 4) is 0 Å². The molecule has 0 spiro atoms. The van der Waals surface area contributed by atoms with Crippen LogP contribution in [0.25, 0.3) is 0 Å². The second kappa shape index (κ2) is 43.1. The lowest BCUT2D eigenvalue weighted by atomic mass is 9.96. The zero-order valence-corrected chi connectivity index (χ0v) is 55.3. The SMILES string of the molecule is CC(=O)OC1COC(OC2C(O[C@@H](CC(C)C)[C@@H](O)CCCCCCCC(=O)CCCCCCCCCCCCC(=O)NCCCCCN(C)C)OCC(O)C2OC2OCC(OC3OCC(OC(C)=O)C(OC(C)=O)C3OC(C)=O)C(O)C2O)C(O)C1OC(C)=O. The van der Waals surface area contributed by atoms with Crippen molar-refractivity contribution in [2.24, 2.45) is 5.92 Å². The molecular weight excluding hydrogens is 1200 g/mol. The molecule has 4 aliphatic rings. The van der Waals surface area contributed by atoms with Crippen LogP contribution in [-0.4, -0.2) is 236 Å². The van der Waals surface area contributed by atoms with E-state index in [0.717, 1.165) is 131 Å². The summed E-state index contributed by atoms with van der Waals surface area (Å²) in [6.45, 7) is 9.36.